The number of ether oxygens (including phenoxy) is 1. The number of rotatable bonds is 10. The minimum atomic E-state index is 0.337. The Kier molecular flexibility index (Phi) is 8.66. The lowest BCUT2D eigenvalue weighted by atomic mass is 9.88. The molecule has 0 heterocycles. The zero-order valence-electron chi connectivity index (χ0n) is 21.2. The van der Waals surface area contributed by atoms with Crippen LogP contribution in [0.1, 0.15) is 54.4 Å². The molecule has 0 unspecified atom stereocenters. The van der Waals surface area contributed by atoms with Crippen molar-refractivity contribution in [3.8, 4) is 11.5 Å². The zero-order valence-corrected chi connectivity index (χ0v) is 22.1. The molecule has 1 N–H and O–H groups in total. The summed E-state index contributed by atoms with van der Waals surface area (Å²) in [5.41, 5.74) is 7.53. The standard InChI is InChI=1S/C34H34O2S/c35-29-19-22-33-28(25-29)13-10-16-32(26-11-4-1-5-12-26)34(33)27-17-20-30(21-18-27)36-23-8-3-9-24-37-31-14-6-2-7-15-31/h1-2,4-7,11-12,14-15,17-22,25,35H,3,8-10,13,16,23-24H2. The summed E-state index contributed by atoms with van der Waals surface area (Å²) in [5.74, 6) is 2.41. The van der Waals surface area contributed by atoms with Gasteiger partial charge in [-0.25, -0.2) is 0 Å². The highest BCUT2D eigenvalue weighted by molar-refractivity contribution is 7.99. The van der Waals surface area contributed by atoms with Crippen LogP contribution in [0.2, 0.25) is 0 Å². The number of phenols is 1. The van der Waals surface area contributed by atoms with E-state index in [9.17, 15) is 5.11 Å². The van der Waals surface area contributed by atoms with Crippen LogP contribution in [-0.4, -0.2) is 17.5 Å². The van der Waals surface area contributed by atoms with Crippen molar-refractivity contribution in [2.24, 2.45) is 0 Å². The van der Waals surface area contributed by atoms with Gasteiger partial charge in [-0.15, -0.1) is 11.8 Å². The number of benzene rings is 4. The lowest BCUT2D eigenvalue weighted by Gasteiger charge is -2.17. The van der Waals surface area contributed by atoms with Crippen molar-refractivity contribution >= 4 is 22.9 Å². The highest BCUT2D eigenvalue weighted by Gasteiger charge is 2.20. The molecule has 0 fully saturated rings. The van der Waals surface area contributed by atoms with Gasteiger partial charge in [0.15, 0.2) is 0 Å². The van der Waals surface area contributed by atoms with Crippen LogP contribution in [-0.2, 0) is 6.42 Å². The second-order valence-electron chi connectivity index (χ2n) is 9.51. The van der Waals surface area contributed by atoms with Crippen molar-refractivity contribution in [2.75, 3.05) is 12.4 Å². The fraction of sp³-hybridized carbons (Fsp3) is 0.235. The van der Waals surface area contributed by atoms with Gasteiger partial charge in [-0.2, -0.15) is 0 Å². The SMILES string of the molecule is Oc1ccc2c(c1)CCCC(c1ccccc1)=C2c1ccc(OCCCCCSc2ccccc2)cc1. The average Bonchev–Trinajstić information content (AvgIpc) is 3.13. The van der Waals surface area contributed by atoms with Crippen LogP contribution >= 0.6 is 11.8 Å². The third kappa shape index (κ3) is 6.67. The van der Waals surface area contributed by atoms with Crippen molar-refractivity contribution in [3.63, 3.8) is 0 Å². The van der Waals surface area contributed by atoms with Crippen LogP contribution in [0.5, 0.6) is 11.5 Å². The summed E-state index contributed by atoms with van der Waals surface area (Å²) in [6.07, 6.45) is 6.48. The number of hydrogen-bond donors (Lipinski definition) is 1. The van der Waals surface area contributed by atoms with Gasteiger partial charge in [-0.1, -0.05) is 66.7 Å². The predicted molar refractivity (Wildman–Crippen MR) is 156 cm³/mol. The van der Waals surface area contributed by atoms with E-state index < -0.39 is 0 Å². The van der Waals surface area contributed by atoms with Crippen LogP contribution in [0.25, 0.3) is 11.1 Å². The van der Waals surface area contributed by atoms with Gasteiger partial charge in [0, 0.05) is 4.90 Å². The molecular formula is C34H34O2S. The molecule has 1 aliphatic rings. The first-order valence-corrected chi connectivity index (χ1v) is 14.3. The van der Waals surface area contributed by atoms with E-state index in [1.807, 2.05) is 23.9 Å². The van der Waals surface area contributed by atoms with Gasteiger partial charge in [-0.3, -0.25) is 0 Å². The molecule has 0 aromatic heterocycles. The van der Waals surface area contributed by atoms with Crippen LogP contribution in [0.15, 0.2) is 108 Å². The van der Waals surface area contributed by atoms with Crippen molar-refractivity contribution in [3.05, 3.63) is 125 Å². The van der Waals surface area contributed by atoms with E-state index in [1.165, 1.54) is 51.1 Å². The lowest BCUT2D eigenvalue weighted by molar-refractivity contribution is 0.306. The third-order valence-electron chi connectivity index (χ3n) is 6.87. The van der Waals surface area contributed by atoms with Gasteiger partial charge in [0.05, 0.1) is 6.61 Å². The first-order chi connectivity index (χ1) is 18.3. The largest absolute Gasteiger partial charge is 0.508 e. The van der Waals surface area contributed by atoms with Crippen LogP contribution < -0.4 is 4.74 Å². The first-order valence-electron chi connectivity index (χ1n) is 13.3. The maximum absolute atomic E-state index is 10.1. The monoisotopic (exact) mass is 506 g/mol. The minimum absolute atomic E-state index is 0.337. The Morgan fingerprint density at radius 2 is 1.46 bits per heavy atom. The van der Waals surface area contributed by atoms with E-state index in [0.29, 0.717) is 5.75 Å². The molecule has 0 amide bonds. The minimum Gasteiger partial charge on any atom is -0.508 e. The smallest absolute Gasteiger partial charge is 0.119 e. The number of fused-ring (bicyclic) bond motifs is 1. The molecule has 0 atom stereocenters. The molecule has 5 rings (SSSR count). The van der Waals surface area contributed by atoms with Crippen molar-refractivity contribution < 1.29 is 9.84 Å². The Bertz CT molecular complexity index is 1310. The average molecular weight is 507 g/mol. The molecule has 0 bridgehead atoms. The molecule has 0 saturated heterocycles. The normalized spacial score (nSPS) is 13.2. The number of allylic oxidation sites excluding steroid dienone is 1. The molecule has 0 radical (unpaired) electrons. The van der Waals surface area contributed by atoms with E-state index in [1.54, 1.807) is 0 Å². The predicted octanol–water partition coefficient (Wildman–Crippen LogP) is 9.03. The van der Waals surface area contributed by atoms with Gasteiger partial charge < -0.3 is 9.84 Å². The van der Waals surface area contributed by atoms with Crippen LogP contribution in [0.3, 0.4) is 0 Å². The molecule has 1 aliphatic carbocycles. The summed E-state index contributed by atoms with van der Waals surface area (Å²) in [6, 6.07) is 35.7. The Hall–Kier alpha value is -3.43. The third-order valence-corrected chi connectivity index (χ3v) is 7.97. The Labute approximate surface area is 225 Å². The maximum Gasteiger partial charge on any atom is 0.119 e. The summed E-state index contributed by atoms with van der Waals surface area (Å²) in [7, 11) is 0. The van der Waals surface area contributed by atoms with E-state index in [4.69, 9.17) is 4.74 Å². The summed E-state index contributed by atoms with van der Waals surface area (Å²) < 4.78 is 6.08. The fourth-order valence-electron chi connectivity index (χ4n) is 5.03. The Morgan fingerprint density at radius 3 is 2.24 bits per heavy atom. The Balaban J connectivity index is 1.25. The molecule has 0 aliphatic heterocycles. The zero-order chi connectivity index (χ0) is 25.3. The molecule has 37 heavy (non-hydrogen) atoms. The highest BCUT2D eigenvalue weighted by atomic mass is 32.2. The topological polar surface area (TPSA) is 29.5 Å². The summed E-state index contributed by atoms with van der Waals surface area (Å²) in [4.78, 5) is 1.34. The molecule has 2 nitrogen and oxygen atoms in total. The molecule has 4 aromatic carbocycles. The van der Waals surface area contributed by atoms with Gasteiger partial charge in [0.25, 0.3) is 0 Å². The molecule has 3 heteroatoms. The summed E-state index contributed by atoms with van der Waals surface area (Å²) in [6.45, 7) is 0.745. The molecule has 188 valence electrons. The van der Waals surface area contributed by atoms with E-state index in [2.05, 4.69) is 91.0 Å². The number of aryl methyl sites for hydroxylation is 1. The molecule has 0 spiro atoms. The number of thioether (sulfide) groups is 1. The van der Waals surface area contributed by atoms with Gasteiger partial charge in [-0.05, 0) is 114 Å². The second kappa shape index (κ2) is 12.7. The molecular weight excluding hydrogens is 472 g/mol. The number of hydrogen-bond acceptors (Lipinski definition) is 3. The number of unbranched alkanes of at least 4 members (excludes halogenated alkanes) is 2. The van der Waals surface area contributed by atoms with E-state index >= 15 is 0 Å². The van der Waals surface area contributed by atoms with Crippen molar-refractivity contribution in [1.29, 1.82) is 0 Å². The fourth-order valence-corrected chi connectivity index (χ4v) is 5.96. The maximum atomic E-state index is 10.1. The van der Waals surface area contributed by atoms with Gasteiger partial charge in [0.1, 0.15) is 11.5 Å². The van der Waals surface area contributed by atoms with Crippen molar-refractivity contribution in [1.82, 2.24) is 0 Å². The second-order valence-corrected chi connectivity index (χ2v) is 10.7. The summed E-state index contributed by atoms with van der Waals surface area (Å²) in [5, 5.41) is 10.1. The van der Waals surface area contributed by atoms with E-state index in [-0.39, 0.29) is 0 Å². The number of aromatic hydroxyl groups is 1. The lowest BCUT2D eigenvalue weighted by Crippen LogP contribution is -1.99. The number of phenolic OH excluding ortho intramolecular Hbond substituents is 1. The first kappa shape index (κ1) is 25.2. The van der Waals surface area contributed by atoms with E-state index in [0.717, 1.165) is 43.8 Å². The summed E-state index contributed by atoms with van der Waals surface area (Å²) >= 11 is 1.93. The van der Waals surface area contributed by atoms with Gasteiger partial charge >= 0.3 is 0 Å². The van der Waals surface area contributed by atoms with Crippen LogP contribution in [0, 0.1) is 0 Å². The van der Waals surface area contributed by atoms with Crippen LogP contribution in [0.4, 0.5) is 0 Å². The highest BCUT2D eigenvalue weighted by Crippen LogP contribution is 2.41. The van der Waals surface area contributed by atoms with Crippen molar-refractivity contribution in [2.45, 2.75) is 43.4 Å². The molecule has 4 aromatic rings. The Morgan fingerprint density at radius 1 is 0.703 bits per heavy atom. The van der Waals surface area contributed by atoms with Gasteiger partial charge in [0.2, 0.25) is 0 Å². The quantitative estimate of drug-likeness (QED) is 0.172. The molecule has 0 saturated carbocycles.